The Kier molecular flexibility index (Phi) is 3.34. The van der Waals surface area contributed by atoms with E-state index in [1.165, 1.54) is 0 Å². The van der Waals surface area contributed by atoms with Gasteiger partial charge in [0.1, 0.15) is 0 Å². The summed E-state index contributed by atoms with van der Waals surface area (Å²) in [4.78, 5) is 19.3. The maximum atomic E-state index is 12.2. The molecule has 3 rings (SSSR count). The Morgan fingerprint density at radius 1 is 1.20 bits per heavy atom. The molecule has 0 bridgehead atoms. The SMILES string of the molecule is O=C(Nc1cccc(Cl)c1Cl)c1ccc2nc[nH]c2c1. The number of H-pyrrole nitrogens is 1. The number of carbonyl (C=O) groups is 1. The van der Waals surface area contributed by atoms with Gasteiger partial charge in [-0.05, 0) is 30.3 Å². The number of anilines is 1. The number of benzene rings is 2. The highest BCUT2D eigenvalue weighted by Crippen LogP contribution is 2.29. The van der Waals surface area contributed by atoms with Crippen LogP contribution >= 0.6 is 23.2 Å². The number of hydrogen-bond acceptors (Lipinski definition) is 2. The minimum Gasteiger partial charge on any atom is -0.345 e. The van der Waals surface area contributed by atoms with E-state index in [-0.39, 0.29) is 5.91 Å². The summed E-state index contributed by atoms with van der Waals surface area (Å²) < 4.78 is 0. The van der Waals surface area contributed by atoms with Crippen LogP contribution in [-0.2, 0) is 0 Å². The van der Waals surface area contributed by atoms with E-state index in [1.54, 1.807) is 42.7 Å². The van der Waals surface area contributed by atoms with E-state index in [0.717, 1.165) is 11.0 Å². The van der Waals surface area contributed by atoms with Crippen molar-refractivity contribution in [1.29, 1.82) is 0 Å². The highest BCUT2D eigenvalue weighted by atomic mass is 35.5. The number of rotatable bonds is 2. The van der Waals surface area contributed by atoms with E-state index in [9.17, 15) is 4.79 Å². The first kappa shape index (κ1) is 13.0. The van der Waals surface area contributed by atoms with Crippen LogP contribution in [-0.4, -0.2) is 15.9 Å². The number of imidazole rings is 1. The quantitative estimate of drug-likeness (QED) is 0.748. The van der Waals surface area contributed by atoms with E-state index in [0.29, 0.717) is 21.3 Å². The number of amides is 1. The molecule has 0 unspecified atom stereocenters. The van der Waals surface area contributed by atoms with Crippen molar-refractivity contribution in [3.05, 3.63) is 58.3 Å². The number of nitrogens with zero attached hydrogens (tertiary/aromatic N) is 1. The molecule has 1 amide bonds. The molecule has 100 valence electrons. The molecule has 0 saturated heterocycles. The number of fused-ring (bicyclic) bond motifs is 1. The zero-order valence-electron chi connectivity index (χ0n) is 10.2. The van der Waals surface area contributed by atoms with Crippen LogP contribution in [0.2, 0.25) is 10.0 Å². The van der Waals surface area contributed by atoms with Crippen LogP contribution in [0.1, 0.15) is 10.4 Å². The molecule has 0 aliphatic rings. The van der Waals surface area contributed by atoms with Gasteiger partial charge in [-0.15, -0.1) is 0 Å². The van der Waals surface area contributed by atoms with Crippen molar-refractivity contribution in [3.63, 3.8) is 0 Å². The van der Waals surface area contributed by atoms with E-state index >= 15 is 0 Å². The second-order valence-corrected chi connectivity index (χ2v) is 4.98. The van der Waals surface area contributed by atoms with Crippen molar-refractivity contribution in [3.8, 4) is 0 Å². The van der Waals surface area contributed by atoms with Crippen molar-refractivity contribution in [2.24, 2.45) is 0 Å². The zero-order valence-corrected chi connectivity index (χ0v) is 11.7. The average molecular weight is 306 g/mol. The molecular formula is C14H9Cl2N3O. The van der Waals surface area contributed by atoms with E-state index in [2.05, 4.69) is 15.3 Å². The first-order valence-electron chi connectivity index (χ1n) is 5.83. The third-order valence-corrected chi connectivity index (χ3v) is 3.70. The Morgan fingerprint density at radius 2 is 2.05 bits per heavy atom. The van der Waals surface area contributed by atoms with Crippen LogP contribution in [0.15, 0.2) is 42.7 Å². The van der Waals surface area contributed by atoms with Gasteiger partial charge in [0, 0.05) is 5.56 Å². The highest BCUT2D eigenvalue weighted by Gasteiger charge is 2.11. The standard InChI is InChI=1S/C14H9Cl2N3O/c15-9-2-1-3-11(13(9)16)19-14(20)8-4-5-10-12(6-8)18-7-17-10/h1-7H,(H,17,18)(H,19,20). The fourth-order valence-corrected chi connectivity index (χ4v) is 2.22. The van der Waals surface area contributed by atoms with Crippen LogP contribution in [0.25, 0.3) is 11.0 Å². The lowest BCUT2D eigenvalue weighted by Gasteiger charge is -2.08. The predicted molar refractivity (Wildman–Crippen MR) is 80.5 cm³/mol. The smallest absolute Gasteiger partial charge is 0.255 e. The maximum Gasteiger partial charge on any atom is 0.255 e. The first-order chi connectivity index (χ1) is 9.65. The summed E-state index contributed by atoms with van der Waals surface area (Å²) in [5.74, 6) is -0.259. The van der Waals surface area contributed by atoms with Crippen LogP contribution in [0.5, 0.6) is 0 Å². The molecule has 0 atom stereocenters. The minimum atomic E-state index is -0.259. The third kappa shape index (κ3) is 2.35. The number of aromatic nitrogens is 2. The molecule has 0 saturated carbocycles. The number of aromatic amines is 1. The summed E-state index contributed by atoms with van der Waals surface area (Å²) in [6.07, 6.45) is 1.58. The Bertz CT molecular complexity index is 798. The molecule has 0 spiro atoms. The Hall–Kier alpha value is -2.04. The molecule has 2 aromatic carbocycles. The monoisotopic (exact) mass is 305 g/mol. The molecule has 1 heterocycles. The van der Waals surface area contributed by atoms with Crippen molar-refractivity contribution >= 4 is 45.8 Å². The average Bonchev–Trinajstić information content (AvgIpc) is 2.91. The number of carbonyl (C=O) groups excluding carboxylic acids is 1. The van der Waals surface area contributed by atoms with E-state index in [4.69, 9.17) is 23.2 Å². The van der Waals surface area contributed by atoms with E-state index < -0.39 is 0 Å². The Balaban J connectivity index is 1.90. The van der Waals surface area contributed by atoms with Crippen molar-refractivity contribution in [2.45, 2.75) is 0 Å². The zero-order chi connectivity index (χ0) is 14.1. The topological polar surface area (TPSA) is 57.8 Å². The lowest BCUT2D eigenvalue weighted by atomic mass is 10.2. The lowest BCUT2D eigenvalue weighted by molar-refractivity contribution is 0.102. The fourth-order valence-electron chi connectivity index (χ4n) is 1.87. The van der Waals surface area contributed by atoms with E-state index in [1.807, 2.05) is 0 Å². The Morgan fingerprint density at radius 3 is 2.90 bits per heavy atom. The second-order valence-electron chi connectivity index (χ2n) is 4.19. The minimum absolute atomic E-state index is 0.259. The lowest BCUT2D eigenvalue weighted by Crippen LogP contribution is -2.12. The van der Waals surface area contributed by atoms with Crippen molar-refractivity contribution in [1.82, 2.24) is 9.97 Å². The molecule has 2 N–H and O–H groups in total. The number of hydrogen-bond donors (Lipinski definition) is 2. The molecule has 0 aliphatic carbocycles. The molecule has 0 fully saturated rings. The van der Waals surface area contributed by atoms with Crippen molar-refractivity contribution < 1.29 is 4.79 Å². The predicted octanol–water partition coefficient (Wildman–Crippen LogP) is 4.12. The van der Waals surface area contributed by atoms with Gasteiger partial charge < -0.3 is 10.3 Å². The summed E-state index contributed by atoms with van der Waals surface area (Å²) >= 11 is 11.9. The Labute approximate surface area is 124 Å². The number of halogens is 2. The summed E-state index contributed by atoms with van der Waals surface area (Å²) in [6.45, 7) is 0. The van der Waals surface area contributed by atoms with Gasteiger partial charge in [0.25, 0.3) is 5.91 Å². The van der Waals surface area contributed by atoms with Gasteiger partial charge in [-0.2, -0.15) is 0 Å². The summed E-state index contributed by atoms with van der Waals surface area (Å²) in [7, 11) is 0. The summed E-state index contributed by atoms with van der Waals surface area (Å²) in [5.41, 5.74) is 2.60. The summed E-state index contributed by atoms with van der Waals surface area (Å²) in [5, 5.41) is 3.46. The molecular weight excluding hydrogens is 297 g/mol. The molecule has 20 heavy (non-hydrogen) atoms. The fraction of sp³-hybridized carbons (Fsp3) is 0. The van der Waals surface area contributed by atoms with Gasteiger partial charge >= 0.3 is 0 Å². The maximum absolute atomic E-state index is 12.2. The van der Waals surface area contributed by atoms with Crippen LogP contribution < -0.4 is 5.32 Å². The molecule has 1 aromatic heterocycles. The molecule has 6 heteroatoms. The van der Waals surface area contributed by atoms with Crippen LogP contribution in [0.3, 0.4) is 0 Å². The van der Waals surface area contributed by atoms with Crippen LogP contribution in [0.4, 0.5) is 5.69 Å². The van der Waals surface area contributed by atoms with Gasteiger partial charge in [-0.3, -0.25) is 4.79 Å². The van der Waals surface area contributed by atoms with Crippen molar-refractivity contribution in [2.75, 3.05) is 5.32 Å². The summed E-state index contributed by atoms with van der Waals surface area (Å²) in [6, 6.07) is 10.3. The van der Waals surface area contributed by atoms with Gasteiger partial charge in [0.15, 0.2) is 0 Å². The largest absolute Gasteiger partial charge is 0.345 e. The van der Waals surface area contributed by atoms with Gasteiger partial charge in [0.2, 0.25) is 0 Å². The molecule has 3 aromatic rings. The molecule has 4 nitrogen and oxygen atoms in total. The first-order valence-corrected chi connectivity index (χ1v) is 6.59. The van der Waals surface area contributed by atoms with Gasteiger partial charge in [-0.25, -0.2) is 4.98 Å². The number of nitrogens with one attached hydrogen (secondary N) is 2. The van der Waals surface area contributed by atoms with Gasteiger partial charge in [0.05, 0.1) is 33.1 Å². The van der Waals surface area contributed by atoms with Crippen LogP contribution in [0, 0.1) is 0 Å². The van der Waals surface area contributed by atoms with Gasteiger partial charge in [-0.1, -0.05) is 29.3 Å². The second kappa shape index (κ2) is 5.15. The molecule has 0 radical (unpaired) electrons. The third-order valence-electron chi connectivity index (χ3n) is 2.88. The molecule has 0 aliphatic heterocycles. The highest BCUT2D eigenvalue weighted by molar-refractivity contribution is 6.44. The normalized spacial score (nSPS) is 10.7.